The van der Waals surface area contributed by atoms with Crippen LogP contribution in [-0.2, 0) is 28.8 Å². The number of hydrogen-bond acceptors (Lipinski definition) is 13. The lowest BCUT2D eigenvalue weighted by atomic mass is 9.85. The van der Waals surface area contributed by atoms with Gasteiger partial charge in [-0.25, -0.2) is 0 Å². The highest BCUT2D eigenvalue weighted by molar-refractivity contribution is 6.03. The third-order valence-corrected chi connectivity index (χ3v) is 14.9. The van der Waals surface area contributed by atoms with Crippen LogP contribution in [0.15, 0.2) is 66.7 Å². The number of halogens is 1. The van der Waals surface area contributed by atoms with E-state index in [0.29, 0.717) is 11.5 Å². The van der Waals surface area contributed by atoms with Crippen LogP contribution in [0.2, 0.25) is 0 Å². The van der Waals surface area contributed by atoms with E-state index in [1.165, 1.54) is 28.0 Å². The van der Waals surface area contributed by atoms with Gasteiger partial charge in [-0.3, -0.25) is 38.4 Å². The van der Waals surface area contributed by atoms with Gasteiger partial charge in [0.25, 0.3) is 0 Å². The molecule has 0 bridgehead atoms. The number of likely N-dealkylation sites (tertiary alicyclic amines) is 2. The summed E-state index contributed by atoms with van der Waals surface area (Å²) in [4.78, 5) is 116. The number of carbonyl (C=O) groups is 8. The molecule has 6 amide bonds. The molecule has 0 aliphatic carbocycles. The van der Waals surface area contributed by atoms with Gasteiger partial charge in [-0.2, -0.15) is 0 Å². The van der Waals surface area contributed by atoms with E-state index in [4.69, 9.17) is 15.2 Å². The van der Waals surface area contributed by atoms with Crippen LogP contribution in [0, 0.1) is 22.7 Å². The predicted molar refractivity (Wildman–Crippen MR) is 302 cm³/mol. The van der Waals surface area contributed by atoms with E-state index >= 15 is 0 Å². The Morgan fingerprint density at radius 3 is 1.19 bits per heavy atom. The number of carbonyl (C=O) groups excluding carboxylic acids is 8. The van der Waals surface area contributed by atoms with Gasteiger partial charge in [-0.05, 0) is 131 Å². The molecule has 78 heavy (non-hydrogen) atoms. The van der Waals surface area contributed by atoms with Gasteiger partial charge in [0.1, 0.15) is 35.7 Å². The number of nitrogens with zero attached hydrogens (tertiary/aromatic N) is 2. The van der Waals surface area contributed by atoms with Crippen LogP contribution in [0.25, 0.3) is 0 Å². The molecular weight excluding hydrogens is 1020 g/mol. The minimum absolute atomic E-state index is 0. The first kappa shape index (κ1) is 64.0. The molecule has 2 heterocycles. The molecule has 10 atom stereocenters. The summed E-state index contributed by atoms with van der Waals surface area (Å²) in [5.74, 6) is -2.93. The zero-order chi connectivity index (χ0) is 57.3. The molecule has 0 radical (unpaired) electrons. The number of nitrogen functional groups attached to an aromatic ring is 1. The lowest BCUT2D eigenvalue weighted by Crippen LogP contribution is -2.59. The van der Waals surface area contributed by atoms with Crippen LogP contribution < -0.4 is 47.1 Å². The molecule has 19 nitrogen and oxygen atoms in total. The Bertz CT molecular complexity index is 2450. The van der Waals surface area contributed by atoms with Crippen molar-refractivity contribution in [3.05, 3.63) is 89.0 Å². The topological polar surface area (TPSA) is 260 Å². The van der Waals surface area contributed by atoms with Crippen LogP contribution in [0.3, 0.4) is 0 Å². The lowest BCUT2D eigenvalue weighted by Gasteiger charge is -2.36. The van der Waals surface area contributed by atoms with Crippen molar-refractivity contribution >= 4 is 65.1 Å². The molecule has 0 unspecified atom stereocenters. The Balaban J connectivity index is 0.0000131. The smallest absolute Gasteiger partial charge is 0.246 e. The number of benzene rings is 3. The standard InChI is InChI=1S/C58H83N9O10.ClH/c1-32(38-15-19-43(76-13)20-16-38)62-53(72)45-23-36(30-66(45)55(74)49(57(5,6)7)64-51(70)34(3)60-11)25-47(68)40-27-41(29-42(59)28-40)48(69)26-37-24-46(54(73)63-33(2)39-17-21-44(77-14)22-18-39)67(31-37)56(75)50(58(8,9)10)65-52(71)35(4)61-12;/h15-22,27-29,32-37,45-46,49-50,60-61H,23-26,30-31,59H2,1-14H3,(H,62,72)(H,63,73)(H,64,70)(H,65,71);1H/t32-,33-,34+,35+,36-,37-,45+,46+,49-,50-;/m1./s1. The van der Waals surface area contributed by atoms with E-state index in [1.807, 2.05) is 79.7 Å². The molecule has 3 aromatic carbocycles. The number of hydrogen-bond donors (Lipinski definition) is 7. The summed E-state index contributed by atoms with van der Waals surface area (Å²) in [6, 6.07) is 12.9. The van der Waals surface area contributed by atoms with Gasteiger partial charge in [-0.15, -0.1) is 12.4 Å². The van der Waals surface area contributed by atoms with Crippen molar-refractivity contribution < 1.29 is 47.8 Å². The summed E-state index contributed by atoms with van der Waals surface area (Å²) in [6.45, 7) is 18.1. The van der Waals surface area contributed by atoms with E-state index in [0.717, 1.165) is 11.1 Å². The van der Waals surface area contributed by atoms with E-state index in [1.54, 1.807) is 66.4 Å². The molecule has 8 N–H and O–H groups in total. The Morgan fingerprint density at radius 2 is 0.897 bits per heavy atom. The summed E-state index contributed by atoms with van der Waals surface area (Å²) < 4.78 is 10.6. The van der Waals surface area contributed by atoms with Gasteiger partial charge in [0.15, 0.2) is 11.6 Å². The average molecular weight is 1100 g/mol. The number of ketones is 2. The quantitative estimate of drug-likeness (QED) is 0.0497. The predicted octanol–water partition coefficient (Wildman–Crippen LogP) is 5.32. The van der Waals surface area contributed by atoms with E-state index in [9.17, 15) is 38.4 Å². The van der Waals surface area contributed by atoms with Gasteiger partial charge >= 0.3 is 0 Å². The fourth-order valence-electron chi connectivity index (χ4n) is 9.86. The Morgan fingerprint density at radius 1 is 0.564 bits per heavy atom. The zero-order valence-electron chi connectivity index (χ0n) is 47.8. The van der Waals surface area contributed by atoms with Crippen molar-refractivity contribution in [3.8, 4) is 11.5 Å². The summed E-state index contributed by atoms with van der Waals surface area (Å²) in [6.07, 6.45) is 0.102. The first-order valence-corrected chi connectivity index (χ1v) is 26.5. The number of anilines is 1. The number of nitrogens with one attached hydrogen (secondary N) is 6. The molecular formula is C58H84ClN9O10. The van der Waals surface area contributed by atoms with Gasteiger partial charge < -0.3 is 56.9 Å². The minimum Gasteiger partial charge on any atom is -0.497 e. The second kappa shape index (κ2) is 27.3. The maximum atomic E-state index is 14.7. The molecule has 0 aromatic heterocycles. The van der Waals surface area contributed by atoms with Crippen LogP contribution in [0.4, 0.5) is 5.69 Å². The van der Waals surface area contributed by atoms with E-state index in [-0.39, 0.29) is 91.4 Å². The molecule has 3 aromatic rings. The zero-order valence-corrected chi connectivity index (χ0v) is 48.6. The SMILES string of the molecule is CN[C@@H](C)C(=O)N[C@H](C(=O)N1C[C@@H](CC(=O)c2cc(N)cc(C(=O)C[C@H]3C[C@@H](C(=O)N[C@H](C)c4ccc(OC)cc4)N(C(=O)[C@@H](NC(=O)[C@H](C)NC)C(C)(C)C)C3)c2)C[C@H]1C(=O)N[C@H](C)c1ccc(OC)cc1)C(C)(C)C.Cl. The average Bonchev–Trinajstić information content (AvgIpc) is 4.02. The maximum absolute atomic E-state index is 14.7. The summed E-state index contributed by atoms with van der Waals surface area (Å²) >= 11 is 0. The summed E-state index contributed by atoms with van der Waals surface area (Å²) in [5, 5.41) is 17.7. The number of ether oxygens (including phenoxy) is 2. The normalized spacial score (nSPS) is 19.7. The first-order valence-electron chi connectivity index (χ1n) is 26.5. The molecule has 428 valence electrons. The van der Waals surface area contributed by atoms with Gasteiger partial charge in [0.05, 0.1) is 38.4 Å². The second-order valence-electron chi connectivity index (χ2n) is 23.0. The number of amides is 6. The number of likely N-dealkylation sites (N-methyl/N-ethyl adjacent to an activating group) is 2. The highest BCUT2D eigenvalue weighted by Crippen LogP contribution is 2.35. The van der Waals surface area contributed by atoms with Crippen LogP contribution >= 0.6 is 12.4 Å². The molecule has 0 saturated carbocycles. The van der Waals surface area contributed by atoms with Gasteiger partial charge in [0.2, 0.25) is 35.4 Å². The molecule has 20 heteroatoms. The van der Waals surface area contributed by atoms with Crippen LogP contribution in [0.5, 0.6) is 11.5 Å². The van der Waals surface area contributed by atoms with E-state index < -0.39 is 94.6 Å². The Labute approximate surface area is 466 Å². The first-order chi connectivity index (χ1) is 36.1. The van der Waals surface area contributed by atoms with Crippen molar-refractivity contribution in [2.75, 3.05) is 47.1 Å². The number of Topliss-reactive ketones (excluding diaryl/α,β-unsaturated/α-hetero) is 2. The number of methoxy groups -OCH3 is 2. The third kappa shape index (κ3) is 16.3. The van der Waals surface area contributed by atoms with Gasteiger partial charge in [0, 0.05) is 42.7 Å². The number of rotatable bonds is 22. The Hall–Kier alpha value is -6.57. The Kier molecular flexibility index (Phi) is 22.4. The highest BCUT2D eigenvalue weighted by Gasteiger charge is 2.47. The maximum Gasteiger partial charge on any atom is 0.246 e. The molecule has 2 fully saturated rings. The summed E-state index contributed by atoms with van der Waals surface area (Å²) in [5.41, 5.74) is 7.00. The van der Waals surface area contributed by atoms with Crippen molar-refractivity contribution in [3.63, 3.8) is 0 Å². The summed E-state index contributed by atoms with van der Waals surface area (Å²) in [7, 11) is 6.41. The highest BCUT2D eigenvalue weighted by atomic mass is 35.5. The number of nitrogens with two attached hydrogens (primary N) is 1. The monoisotopic (exact) mass is 1100 g/mol. The molecule has 5 rings (SSSR count). The van der Waals surface area contributed by atoms with Crippen molar-refractivity contribution in [1.82, 2.24) is 41.7 Å². The fraction of sp³-hybridized carbons (Fsp3) is 0.552. The molecule has 2 saturated heterocycles. The van der Waals surface area contributed by atoms with E-state index in [2.05, 4.69) is 31.9 Å². The molecule has 2 aliphatic rings. The van der Waals surface area contributed by atoms with Crippen molar-refractivity contribution in [1.29, 1.82) is 0 Å². The van der Waals surface area contributed by atoms with Crippen LogP contribution in [0.1, 0.15) is 139 Å². The van der Waals surface area contributed by atoms with Crippen molar-refractivity contribution in [2.24, 2.45) is 22.7 Å². The lowest BCUT2D eigenvalue weighted by molar-refractivity contribution is -0.144. The molecule has 2 aliphatic heterocycles. The minimum atomic E-state index is -1.01. The van der Waals surface area contributed by atoms with Crippen LogP contribution in [-0.4, -0.2) is 134 Å². The van der Waals surface area contributed by atoms with Crippen molar-refractivity contribution in [2.45, 2.75) is 143 Å². The largest absolute Gasteiger partial charge is 0.497 e. The second-order valence-corrected chi connectivity index (χ2v) is 23.0. The molecule has 0 spiro atoms. The fourth-order valence-corrected chi connectivity index (χ4v) is 9.86. The third-order valence-electron chi connectivity index (χ3n) is 14.9. The van der Waals surface area contributed by atoms with Gasteiger partial charge in [-0.1, -0.05) is 65.8 Å².